The van der Waals surface area contributed by atoms with Crippen LogP contribution in [0, 0.1) is 0 Å². The Morgan fingerprint density at radius 2 is 1.90 bits per heavy atom. The zero-order valence-corrected chi connectivity index (χ0v) is 11.8. The lowest BCUT2D eigenvalue weighted by Gasteiger charge is -2.07. The monoisotopic (exact) mass is 287 g/mol. The van der Waals surface area contributed by atoms with Crippen molar-refractivity contribution in [1.29, 1.82) is 0 Å². The molecule has 0 saturated carbocycles. The lowest BCUT2D eigenvalue weighted by molar-refractivity contribution is 0.273. The van der Waals surface area contributed by atoms with Crippen molar-refractivity contribution < 1.29 is 9.84 Å². The van der Waals surface area contributed by atoms with Gasteiger partial charge in [-0.05, 0) is 42.5 Å². The van der Waals surface area contributed by atoms with Crippen LogP contribution < -0.4 is 4.74 Å². The average Bonchev–Trinajstić information content (AvgIpc) is 2.79. The van der Waals surface area contributed by atoms with Gasteiger partial charge in [-0.25, -0.2) is 0 Å². The minimum absolute atomic E-state index is 0.00552. The van der Waals surface area contributed by atoms with E-state index in [4.69, 9.17) is 16.3 Å². The van der Waals surface area contributed by atoms with Gasteiger partial charge in [-0.15, -0.1) is 0 Å². The van der Waals surface area contributed by atoms with E-state index in [0.29, 0.717) is 5.02 Å². The molecule has 0 aliphatic heterocycles. The maximum absolute atomic E-state index is 9.35. The van der Waals surface area contributed by atoms with E-state index >= 15 is 0 Å². The van der Waals surface area contributed by atoms with Crippen LogP contribution in [0.4, 0.5) is 0 Å². The van der Waals surface area contributed by atoms with Gasteiger partial charge in [0.2, 0.25) is 0 Å². The van der Waals surface area contributed by atoms with Crippen molar-refractivity contribution in [2.75, 3.05) is 0 Å². The fraction of sp³-hybridized carbons (Fsp3) is 0.125. The molecule has 0 radical (unpaired) electrons. The summed E-state index contributed by atoms with van der Waals surface area (Å²) in [5.41, 5.74) is 1.88. The molecule has 2 aromatic carbocycles. The van der Waals surface area contributed by atoms with Crippen molar-refractivity contribution in [2.45, 2.75) is 6.61 Å². The van der Waals surface area contributed by atoms with E-state index in [9.17, 15) is 5.11 Å². The summed E-state index contributed by atoms with van der Waals surface area (Å²) in [5, 5.41) is 11.0. The first-order chi connectivity index (χ1) is 9.69. The predicted octanol–water partition coefficient (Wildman–Crippen LogP) is 4.12. The molecule has 0 saturated heterocycles. The summed E-state index contributed by atoms with van der Waals surface area (Å²) < 4.78 is 7.87. The molecule has 0 amide bonds. The van der Waals surface area contributed by atoms with E-state index in [-0.39, 0.29) is 6.61 Å². The van der Waals surface area contributed by atoms with Crippen LogP contribution in [0.1, 0.15) is 5.69 Å². The van der Waals surface area contributed by atoms with Gasteiger partial charge in [-0.1, -0.05) is 17.7 Å². The number of benzene rings is 2. The third-order valence-corrected chi connectivity index (χ3v) is 3.60. The Morgan fingerprint density at radius 3 is 2.60 bits per heavy atom. The molecule has 0 atom stereocenters. The van der Waals surface area contributed by atoms with Gasteiger partial charge in [-0.3, -0.25) is 0 Å². The highest BCUT2D eigenvalue weighted by Crippen LogP contribution is 2.32. The maximum atomic E-state index is 9.35. The molecule has 0 bridgehead atoms. The Morgan fingerprint density at radius 1 is 1.15 bits per heavy atom. The number of aliphatic hydroxyl groups is 1. The Hall–Kier alpha value is -1.97. The summed E-state index contributed by atoms with van der Waals surface area (Å²) in [6.07, 6.45) is 0. The van der Waals surface area contributed by atoms with Gasteiger partial charge in [0.25, 0.3) is 0 Å². The minimum Gasteiger partial charge on any atom is -0.457 e. The van der Waals surface area contributed by atoms with Crippen molar-refractivity contribution in [1.82, 2.24) is 4.57 Å². The van der Waals surface area contributed by atoms with E-state index in [1.165, 1.54) is 0 Å². The predicted molar refractivity (Wildman–Crippen MR) is 80.4 cm³/mol. The number of hydrogen-bond acceptors (Lipinski definition) is 2. The van der Waals surface area contributed by atoms with Gasteiger partial charge >= 0.3 is 0 Å². The largest absolute Gasteiger partial charge is 0.457 e. The Bertz CT molecular complexity index is 747. The van der Waals surface area contributed by atoms with Gasteiger partial charge in [-0.2, -0.15) is 0 Å². The molecule has 0 spiro atoms. The fourth-order valence-corrected chi connectivity index (χ4v) is 2.38. The number of aromatic nitrogens is 1. The van der Waals surface area contributed by atoms with Gasteiger partial charge in [0.05, 0.1) is 12.1 Å². The standard InChI is InChI=1S/C16H14ClNO2/c1-18-12(10-19)9-14-15(18)3-2-4-16(14)20-13-7-5-11(17)6-8-13/h2-9,19H,10H2,1H3. The Balaban J connectivity index is 2.05. The summed E-state index contributed by atoms with van der Waals surface area (Å²) in [7, 11) is 1.93. The molecule has 1 N–H and O–H groups in total. The van der Waals surface area contributed by atoms with Crippen LogP contribution in [0.3, 0.4) is 0 Å². The second kappa shape index (κ2) is 5.19. The van der Waals surface area contributed by atoms with Crippen LogP contribution in [0.2, 0.25) is 5.02 Å². The first-order valence-electron chi connectivity index (χ1n) is 6.30. The lowest BCUT2D eigenvalue weighted by atomic mass is 10.2. The number of aryl methyl sites for hydroxylation is 1. The summed E-state index contributed by atoms with van der Waals surface area (Å²) >= 11 is 5.87. The van der Waals surface area contributed by atoms with Crippen LogP contribution in [0.25, 0.3) is 10.9 Å². The molecule has 0 unspecified atom stereocenters. The minimum atomic E-state index is 0.00552. The molecule has 4 heteroatoms. The molecule has 3 nitrogen and oxygen atoms in total. The SMILES string of the molecule is Cn1c(CO)cc2c(Oc3ccc(Cl)cc3)cccc21. The topological polar surface area (TPSA) is 34.4 Å². The molecule has 3 aromatic rings. The highest BCUT2D eigenvalue weighted by molar-refractivity contribution is 6.30. The number of halogens is 1. The fourth-order valence-electron chi connectivity index (χ4n) is 2.26. The highest BCUT2D eigenvalue weighted by atomic mass is 35.5. The molecule has 1 heterocycles. The summed E-state index contributed by atoms with van der Waals surface area (Å²) in [4.78, 5) is 0. The van der Waals surface area contributed by atoms with Crippen LogP contribution in [0.15, 0.2) is 48.5 Å². The van der Waals surface area contributed by atoms with Gasteiger partial charge in [0.15, 0.2) is 0 Å². The van der Waals surface area contributed by atoms with Crippen LogP contribution in [-0.4, -0.2) is 9.67 Å². The molecule has 1 aromatic heterocycles. The van der Waals surface area contributed by atoms with Gasteiger partial charge in [0, 0.05) is 23.2 Å². The van der Waals surface area contributed by atoms with Crippen molar-refractivity contribution in [2.24, 2.45) is 7.05 Å². The number of fused-ring (bicyclic) bond motifs is 1. The zero-order valence-electron chi connectivity index (χ0n) is 11.0. The molecular formula is C16H14ClNO2. The second-order valence-corrected chi connectivity index (χ2v) is 5.03. The second-order valence-electron chi connectivity index (χ2n) is 4.60. The number of ether oxygens (including phenoxy) is 1. The zero-order chi connectivity index (χ0) is 14.1. The summed E-state index contributed by atoms with van der Waals surface area (Å²) in [5.74, 6) is 1.50. The normalized spacial score (nSPS) is 10.9. The molecule has 0 aliphatic carbocycles. The number of aliphatic hydroxyl groups excluding tert-OH is 1. The van der Waals surface area contributed by atoms with Crippen molar-refractivity contribution >= 4 is 22.5 Å². The van der Waals surface area contributed by atoms with Crippen molar-refractivity contribution in [3.05, 3.63) is 59.2 Å². The van der Waals surface area contributed by atoms with E-state index < -0.39 is 0 Å². The summed E-state index contributed by atoms with van der Waals surface area (Å²) in [6.45, 7) is 0.00552. The molecule has 0 aliphatic rings. The van der Waals surface area contributed by atoms with Crippen LogP contribution in [-0.2, 0) is 13.7 Å². The van der Waals surface area contributed by atoms with E-state index in [1.54, 1.807) is 12.1 Å². The van der Waals surface area contributed by atoms with Gasteiger partial charge < -0.3 is 14.4 Å². The Kier molecular flexibility index (Phi) is 3.38. The molecule has 0 fully saturated rings. The molecular weight excluding hydrogens is 274 g/mol. The maximum Gasteiger partial charge on any atom is 0.136 e. The van der Waals surface area contributed by atoms with Crippen molar-refractivity contribution in [3.8, 4) is 11.5 Å². The number of hydrogen-bond donors (Lipinski definition) is 1. The third-order valence-electron chi connectivity index (χ3n) is 3.35. The van der Waals surface area contributed by atoms with Crippen molar-refractivity contribution in [3.63, 3.8) is 0 Å². The van der Waals surface area contributed by atoms with E-state index in [1.807, 2.05) is 48.0 Å². The van der Waals surface area contributed by atoms with Crippen LogP contribution >= 0.6 is 11.6 Å². The van der Waals surface area contributed by atoms with E-state index in [2.05, 4.69) is 0 Å². The molecule has 3 rings (SSSR count). The average molecular weight is 288 g/mol. The summed E-state index contributed by atoms with van der Waals surface area (Å²) in [6, 6.07) is 15.0. The third kappa shape index (κ3) is 2.26. The van der Waals surface area contributed by atoms with Crippen LogP contribution in [0.5, 0.6) is 11.5 Å². The molecule has 20 heavy (non-hydrogen) atoms. The van der Waals surface area contributed by atoms with Gasteiger partial charge in [0.1, 0.15) is 11.5 Å². The Labute approximate surface area is 122 Å². The first kappa shape index (κ1) is 13.0. The molecule has 102 valence electrons. The number of nitrogens with zero attached hydrogens (tertiary/aromatic N) is 1. The smallest absolute Gasteiger partial charge is 0.136 e. The quantitative estimate of drug-likeness (QED) is 0.786. The first-order valence-corrected chi connectivity index (χ1v) is 6.68. The number of rotatable bonds is 3. The lowest BCUT2D eigenvalue weighted by Crippen LogP contribution is -1.94. The highest BCUT2D eigenvalue weighted by Gasteiger charge is 2.10. The van der Waals surface area contributed by atoms with E-state index in [0.717, 1.165) is 28.1 Å².